The molecular formula is C11H15N3O. The highest BCUT2D eigenvalue weighted by Gasteiger charge is 2.07. The number of rotatable bonds is 3. The van der Waals surface area contributed by atoms with Crippen molar-refractivity contribution in [3.63, 3.8) is 0 Å². The zero-order chi connectivity index (χ0) is 11.4. The first-order chi connectivity index (χ1) is 7.06. The normalized spacial score (nSPS) is 10.8. The number of primary amides is 1. The Morgan fingerprint density at radius 1 is 1.47 bits per heavy atom. The molecule has 0 bridgehead atoms. The summed E-state index contributed by atoms with van der Waals surface area (Å²) in [5, 5.41) is 3.51. The molecule has 0 aromatic heterocycles. The summed E-state index contributed by atoms with van der Waals surface area (Å²) in [4.78, 5) is 10.8. The molecule has 0 saturated heterocycles. The molecule has 4 heteroatoms. The average Bonchev–Trinajstić information content (AvgIpc) is 2.16. The Morgan fingerprint density at radius 2 is 2.13 bits per heavy atom. The van der Waals surface area contributed by atoms with Gasteiger partial charge in [0.05, 0.1) is 12.6 Å². The highest BCUT2D eigenvalue weighted by Crippen LogP contribution is 2.16. The largest absolute Gasteiger partial charge is 0.369 e. The molecule has 0 heterocycles. The maximum Gasteiger partial charge on any atom is 0.221 e. The molecule has 1 rings (SSSR count). The van der Waals surface area contributed by atoms with Gasteiger partial charge in [0.15, 0.2) is 0 Å². The van der Waals surface area contributed by atoms with E-state index in [0.717, 1.165) is 22.3 Å². The van der Waals surface area contributed by atoms with Gasteiger partial charge < -0.3 is 11.6 Å². The van der Waals surface area contributed by atoms with Crippen LogP contribution in [0.3, 0.4) is 0 Å². The minimum atomic E-state index is -0.336. The van der Waals surface area contributed by atoms with E-state index in [4.69, 9.17) is 11.6 Å². The summed E-state index contributed by atoms with van der Waals surface area (Å²) in [5.41, 5.74) is 9.11. The predicted octanol–water partition coefficient (Wildman–Crippen LogP) is 0.624. The van der Waals surface area contributed by atoms with Crippen molar-refractivity contribution in [2.75, 3.05) is 0 Å². The number of hydrogen-bond acceptors (Lipinski definition) is 3. The van der Waals surface area contributed by atoms with Crippen LogP contribution in [0, 0.1) is 13.8 Å². The first-order valence-electron chi connectivity index (χ1n) is 4.67. The van der Waals surface area contributed by atoms with Crippen molar-refractivity contribution in [1.82, 2.24) is 0 Å². The van der Waals surface area contributed by atoms with Crippen LogP contribution in [-0.2, 0) is 11.2 Å². The van der Waals surface area contributed by atoms with Gasteiger partial charge >= 0.3 is 0 Å². The van der Waals surface area contributed by atoms with Gasteiger partial charge in [-0.1, -0.05) is 12.1 Å². The Balaban J connectivity index is 3.21. The van der Waals surface area contributed by atoms with Crippen molar-refractivity contribution in [2.45, 2.75) is 20.3 Å². The minimum Gasteiger partial charge on any atom is -0.369 e. The van der Waals surface area contributed by atoms with Gasteiger partial charge in [-0.3, -0.25) is 4.79 Å². The van der Waals surface area contributed by atoms with Crippen molar-refractivity contribution in [1.29, 1.82) is 0 Å². The van der Waals surface area contributed by atoms with Crippen LogP contribution in [0.15, 0.2) is 17.2 Å². The van der Waals surface area contributed by atoms with E-state index in [0.29, 0.717) is 0 Å². The summed E-state index contributed by atoms with van der Waals surface area (Å²) in [6.45, 7) is 3.90. The average molecular weight is 205 g/mol. The van der Waals surface area contributed by atoms with Crippen LogP contribution in [0.5, 0.6) is 0 Å². The third-order valence-corrected chi connectivity index (χ3v) is 2.41. The lowest BCUT2D eigenvalue weighted by atomic mass is 9.96. The minimum absolute atomic E-state index is 0.248. The summed E-state index contributed by atoms with van der Waals surface area (Å²) < 4.78 is 0. The van der Waals surface area contributed by atoms with E-state index in [1.54, 1.807) is 6.21 Å². The third-order valence-electron chi connectivity index (χ3n) is 2.41. The fourth-order valence-corrected chi connectivity index (χ4v) is 1.56. The van der Waals surface area contributed by atoms with Gasteiger partial charge in [-0.15, -0.1) is 0 Å². The number of hydrazone groups is 1. The van der Waals surface area contributed by atoms with Crippen LogP contribution < -0.4 is 11.6 Å². The predicted molar refractivity (Wildman–Crippen MR) is 60.6 cm³/mol. The zero-order valence-electron chi connectivity index (χ0n) is 8.95. The van der Waals surface area contributed by atoms with Crippen molar-refractivity contribution < 1.29 is 4.79 Å². The van der Waals surface area contributed by atoms with Gasteiger partial charge in [0.1, 0.15) is 0 Å². The van der Waals surface area contributed by atoms with E-state index < -0.39 is 0 Å². The quantitative estimate of drug-likeness (QED) is 0.431. The first kappa shape index (κ1) is 11.2. The number of carbonyl (C=O) groups excluding carboxylic acids is 1. The molecule has 0 aliphatic carbocycles. The molecule has 0 spiro atoms. The molecule has 0 atom stereocenters. The molecule has 0 saturated carbocycles. The van der Waals surface area contributed by atoms with Gasteiger partial charge in [-0.05, 0) is 30.5 Å². The van der Waals surface area contributed by atoms with Crippen molar-refractivity contribution in [2.24, 2.45) is 16.7 Å². The number of benzene rings is 1. The Bertz CT molecular complexity index is 411. The summed E-state index contributed by atoms with van der Waals surface area (Å²) in [6, 6.07) is 3.84. The van der Waals surface area contributed by atoms with Gasteiger partial charge in [0.25, 0.3) is 0 Å². The molecule has 0 fully saturated rings. The van der Waals surface area contributed by atoms with Crippen LogP contribution in [0.1, 0.15) is 22.3 Å². The second-order valence-electron chi connectivity index (χ2n) is 3.50. The zero-order valence-corrected chi connectivity index (χ0v) is 8.95. The van der Waals surface area contributed by atoms with Crippen molar-refractivity contribution in [3.05, 3.63) is 34.4 Å². The van der Waals surface area contributed by atoms with Gasteiger partial charge in [-0.25, -0.2) is 0 Å². The summed E-state index contributed by atoms with van der Waals surface area (Å²) in [5.74, 6) is 4.79. The maximum absolute atomic E-state index is 10.8. The topological polar surface area (TPSA) is 81.5 Å². The van der Waals surface area contributed by atoms with E-state index in [-0.39, 0.29) is 12.3 Å². The number of carbonyl (C=O) groups is 1. The van der Waals surface area contributed by atoms with E-state index in [9.17, 15) is 4.79 Å². The molecule has 1 aromatic rings. The van der Waals surface area contributed by atoms with Gasteiger partial charge in [0, 0.05) is 5.56 Å². The fourth-order valence-electron chi connectivity index (χ4n) is 1.56. The van der Waals surface area contributed by atoms with E-state index in [1.807, 2.05) is 26.0 Å². The second-order valence-corrected chi connectivity index (χ2v) is 3.50. The van der Waals surface area contributed by atoms with Gasteiger partial charge in [0.2, 0.25) is 5.91 Å². The maximum atomic E-state index is 10.8. The van der Waals surface area contributed by atoms with Crippen LogP contribution in [-0.4, -0.2) is 12.1 Å². The summed E-state index contributed by atoms with van der Waals surface area (Å²) in [6.07, 6.45) is 1.84. The summed E-state index contributed by atoms with van der Waals surface area (Å²) >= 11 is 0. The molecule has 0 aliphatic heterocycles. The van der Waals surface area contributed by atoms with Crippen molar-refractivity contribution >= 4 is 12.1 Å². The smallest absolute Gasteiger partial charge is 0.221 e. The third kappa shape index (κ3) is 2.56. The molecule has 1 aromatic carbocycles. The molecule has 0 aliphatic rings. The molecule has 0 radical (unpaired) electrons. The fraction of sp³-hybridized carbons (Fsp3) is 0.273. The first-order valence-corrected chi connectivity index (χ1v) is 4.67. The Kier molecular flexibility index (Phi) is 3.44. The lowest BCUT2D eigenvalue weighted by Gasteiger charge is -2.09. The SMILES string of the molecule is Cc1ccc(CC(N)=O)c(C)c1C=NN. The standard InChI is InChI=1S/C11H15N3O/c1-7-3-4-9(5-11(12)15)8(2)10(7)6-14-13/h3-4,6H,5,13H2,1-2H3,(H2,12,15). The second kappa shape index (κ2) is 4.59. The van der Waals surface area contributed by atoms with Crippen LogP contribution >= 0.6 is 0 Å². The molecule has 4 N–H and O–H groups in total. The Morgan fingerprint density at radius 3 is 2.67 bits per heavy atom. The Hall–Kier alpha value is -1.84. The number of nitrogens with two attached hydrogens (primary N) is 2. The molecule has 0 unspecified atom stereocenters. The van der Waals surface area contributed by atoms with E-state index >= 15 is 0 Å². The molecule has 15 heavy (non-hydrogen) atoms. The molecular weight excluding hydrogens is 190 g/mol. The summed E-state index contributed by atoms with van der Waals surface area (Å²) in [7, 11) is 0. The number of amides is 1. The highest BCUT2D eigenvalue weighted by atomic mass is 16.1. The molecule has 4 nitrogen and oxygen atoms in total. The highest BCUT2D eigenvalue weighted by molar-refractivity contribution is 5.85. The number of aryl methyl sites for hydroxylation is 1. The number of hydrogen-bond donors (Lipinski definition) is 2. The van der Waals surface area contributed by atoms with E-state index in [2.05, 4.69) is 5.10 Å². The Labute approximate surface area is 89.0 Å². The van der Waals surface area contributed by atoms with Crippen LogP contribution in [0.4, 0.5) is 0 Å². The van der Waals surface area contributed by atoms with Crippen molar-refractivity contribution in [3.8, 4) is 0 Å². The number of nitrogens with zero attached hydrogens (tertiary/aromatic N) is 1. The van der Waals surface area contributed by atoms with Crippen LogP contribution in [0.2, 0.25) is 0 Å². The van der Waals surface area contributed by atoms with E-state index in [1.165, 1.54) is 0 Å². The monoisotopic (exact) mass is 205 g/mol. The lowest BCUT2D eigenvalue weighted by molar-refractivity contribution is -0.117. The van der Waals surface area contributed by atoms with Crippen LogP contribution in [0.25, 0.3) is 0 Å². The molecule has 80 valence electrons. The molecule has 1 amide bonds. The van der Waals surface area contributed by atoms with Gasteiger partial charge in [-0.2, -0.15) is 5.10 Å². The lowest BCUT2D eigenvalue weighted by Crippen LogP contribution is -2.15.